The van der Waals surface area contributed by atoms with Crippen molar-refractivity contribution in [3.05, 3.63) is 59.1 Å². The number of rotatable bonds is 3. The summed E-state index contributed by atoms with van der Waals surface area (Å²) >= 11 is 6.03. The zero-order valence-electron chi connectivity index (χ0n) is 16.9. The number of hydrogen-bond donors (Lipinski definition) is 3. The smallest absolute Gasteiger partial charge is 0.326 e. The Kier molecular flexibility index (Phi) is 5.58. The molecule has 2 heterocycles. The largest absolute Gasteiger partial charge is 0.394 e. The number of nitrogens with zero attached hydrogens (tertiary/aromatic N) is 2. The van der Waals surface area contributed by atoms with Gasteiger partial charge in [-0.25, -0.2) is 9.59 Å². The number of aliphatic hydroxyl groups excluding tert-OH is 1. The van der Waals surface area contributed by atoms with E-state index in [4.69, 9.17) is 11.6 Å². The number of urea groups is 2. The van der Waals surface area contributed by atoms with Gasteiger partial charge in [-0.3, -0.25) is 4.90 Å². The van der Waals surface area contributed by atoms with Crippen LogP contribution in [0.25, 0.3) is 0 Å². The van der Waals surface area contributed by atoms with Crippen LogP contribution in [0.1, 0.15) is 25.3 Å². The van der Waals surface area contributed by atoms with E-state index in [0.29, 0.717) is 17.3 Å². The minimum Gasteiger partial charge on any atom is -0.394 e. The summed E-state index contributed by atoms with van der Waals surface area (Å²) in [6, 6.07) is 13.6. The monoisotopic (exact) mass is 428 g/mol. The molecule has 2 aliphatic heterocycles. The van der Waals surface area contributed by atoms with Crippen LogP contribution < -0.4 is 15.5 Å². The Morgan fingerprint density at radius 3 is 2.63 bits per heavy atom. The first kappa shape index (κ1) is 20.5. The van der Waals surface area contributed by atoms with Gasteiger partial charge in [0, 0.05) is 34.9 Å². The van der Waals surface area contributed by atoms with Gasteiger partial charge in [0.1, 0.15) is 0 Å². The molecule has 4 rings (SSSR count). The fourth-order valence-corrected chi connectivity index (χ4v) is 4.63. The van der Waals surface area contributed by atoms with Crippen LogP contribution >= 0.6 is 11.6 Å². The summed E-state index contributed by atoms with van der Waals surface area (Å²) < 4.78 is 0. The summed E-state index contributed by atoms with van der Waals surface area (Å²) in [4.78, 5) is 29.2. The van der Waals surface area contributed by atoms with E-state index in [1.165, 1.54) is 0 Å². The van der Waals surface area contributed by atoms with Gasteiger partial charge in [0.25, 0.3) is 0 Å². The number of fused-ring (bicyclic) bond motifs is 3. The number of anilines is 2. The van der Waals surface area contributed by atoms with Crippen LogP contribution in [0.3, 0.4) is 0 Å². The maximum atomic E-state index is 13.1. The summed E-state index contributed by atoms with van der Waals surface area (Å²) in [6.45, 7) is 4.00. The van der Waals surface area contributed by atoms with Crippen LogP contribution in [-0.4, -0.2) is 53.3 Å². The highest BCUT2D eigenvalue weighted by molar-refractivity contribution is 6.30. The molecule has 0 bridgehead atoms. The van der Waals surface area contributed by atoms with E-state index in [1.54, 1.807) is 34.1 Å². The summed E-state index contributed by atoms with van der Waals surface area (Å²) in [5, 5.41) is 16.3. The highest BCUT2D eigenvalue weighted by Crippen LogP contribution is 2.48. The van der Waals surface area contributed by atoms with Crippen LogP contribution in [0, 0.1) is 0 Å². The summed E-state index contributed by atoms with van der Waals surface area (Å²) in [6.07, 6.45) is 0. The predicted octanol–water partition coefficient (Wildman–Crippen LogP) is 3.64. The zero-order valence-corrected chi connectivity index (χ0v) is 17.6. The number of likely N-dealkylation sites (tertiary alicyclic amines) is 1. The molecule has 3 atom stereocenters. The van der Waals surface area contributed by atoms with Crippen molar-refractivity contribution >= 4 is 35.0 Å². The normalized spacial score (nSPS) is 22.1. The van der Waals surface area contributed by atoms with Crippen molar-refractivity contribution < 1.29 is 14.7 Å². The number of hydrogen-bond acceptors (Lipinski definition) is 3. The van der Waals surface area contributed by atoms with Gasteiger partial charge < -0.3 is 20.6 Å². The molecule has 0 radical (unpaired) electrons. The SMILES string of the molecule is CC(C)NC(=O)N1[C@H](CO)[C@H]2c3ccccc3N(C(=O)Nc3cccc(Cl)c3)C[C@H]21. The van der Waals surface area contributed by atoms with E-state index in [-0.39, 0.29) is 42.7 Å². The van der Waals surface area contributed by atoms with Gasteiger partial charge in [0.2, 0.25) is 0 Å². The van der Waals surface area contributed by atoms with E-state index in [1.807, 2.05) is 38.1 Å². The molecular formula is C22H25ClN4O3. The Morgan fingerprint density at radius 1 is 1.17 bits per heavy atom. The van der Waals surface area contributed by atoms with Crippen molar-refractivity contribution in [1.29, 1.82) is 0 Å². The van der Waals surface area contributed by atoms with E-state index in [9.17, 15) is 14.7 Å². The minimum atomic E-state index is -0.312. The number of amides is 4. The first-order valence-corrected chi connectivity index (χ1v) is 10.4. The van der Waals surface area contributed by atoms with Crippen molar-refractivity contribution in [1.82, 2.24) is 10.2 Å². The molecule has 2 aromatic rings. The molecule has 0 unspecified atom stereocenters. The third-order valence-corrected chi connectivity index (χ3v) is 5.89. The van der Waals surface area contributed by atoms with Gasteiger partial charge in [0.15, 0.2) is 0 Å². The maximum absolute atomic E-state index is 13.1. The Balaban J connectivity index is 1.63. The average Bonchev–Trinajstić information content (AvgIpc) is 2.67. The van der Waals surface area contributed by atoms with Gasteiger partial charge >= 0.3 is 12.1 Å². The standard InChI is InChI=1S/C22H25ClN4O3/c1-13(2)24-22(30)27-18-11-26(21(29)25-15-7-5-6-14(23)10-15)17-9-4-3-8-16(17)20(18)19(27)12-28/h3-10,13,18-20,28H,11-12H2,1-2H3,(H,24,30)(H,25,29)/t18-,19-,20+/m1/s1. The second kappa shape index (κ2) is 8.16. The topological polar surface area (TPSA) is 84.9 Å². The lowest BCUT2D eigenvalue weighted by Crippen LogP contribution is -2.72. The van der Waals surface area contributed by atoms with Crippen LogP contribution in [0.15, 0.2) is 48.5 Å². The molecule has 4 amide bonds. The molecule has 7 nitrogen and oxygen atoms in total. The first-order chi connectivity index (χ1) is 14.4. The van der Waals surface area contributed by atoms with Gasteiger partial charge in [-0.2, -0.15) is 0 Å². The lowest BCUT2D eigenvalue weighted by Gasteiger charge is -2.58. The average molecular weight is 429 g/mol. The predicted molar refractivity (Wildman–Crippen MR) is 117 cm³/mol. The van der Waals surface area contributed by atoms with E-state index in [2.05, 4.69) is 10.6 Å². The minimum absolute atomic E-state index is 0.0145. The van der Waals surface area contributed by atoms with E-state index in [0.717, 1.165) is 11.3 Å². The molecule has 3 N–H and O–H groups in total. The number of benzene rings is 2. The number of carbonyl (C=O) groups is 2. The molecule has 0 aliphatic carbocycles. The van der Waals surface area contributed by atoms with Crippen molar-refractivity contribution in [2.45, 2.75) is 37.9 Å². The molecule has 30 heavy (non-hydrogen) atoms. The highest BCUT2D eigenvalue weighted by atomic mass is 35.5. The Morgan fingerprint density at radius 2 is 1.93 bits per heavy atom. The third kappa shape index (κ3) is 3.59. The fourth-order valence-electron chi connectivity index (χ4n) is 4.44. The second-order valence-electron chi connectivity index (χ2n) is 7.96. The second-order valence-corrected chi connectivity index (χ2v) is 8.40. The number of nitrogens with one attached hydrogen (secondary N) is 2. The first-order valence-electron chi connectivity index (χ1n) is 10.0. The molecule has 2 aliphatic rings. The lowest BCUT2D eigenvalue weighted by atomic mass is 9.72. The molecule has 0 spiro atoms. The quantitative estimate of drug-likeness (QED) is 0.697. The number of aliphatic hydroxyl groups is 1. The molecule has 2 aromatic carbocycles. The van der Waals surface area contributed by atoms with Crippen LogP contribution in [0.2, 0.25) is 5.02 Å². The van der Waals surface area contributed by atoms with Crippen molar-refractivity contribution in [2.24, 2.45) is 0 Å². The molecule has 0 saturated carbocycles. The summed E-state index contributed by atoms with van der Waals surface area (Å²) in [5.74, 6) is -0.0145. The van der Waals surface area contributed by atoms with Gasteiger partial charge in [-0.05, 0) is 43.7 Å². The number of halogens is 1. The summed E-state index contributed by atoms with van der Waals surface area (Å²) in [5.41, 5.74) is 2.35. The van der Waals surface area contributed by atoms with Crippen molar-refractivity contribution in [2.75, 3.05) is 23.4 Å². The maximum Gasteiger partial charge on any atom is 0.326 e. The van der Waals surface area contributed by atoms with Crippen LogP contribution in [-0.2, 0) is 0 Å². The lowest BCUT2D eigenvalue weighted by molar-refractivity contribution is -0.00739. The van der Waals surface area contributed by atoms with Crippen LogP contribution in [0.4, 0.5) is 21.0 Å². The highest BCUT2D eigenvalue weighted by Gasteiger charge is 2.55. The van der Waals surface area contributed by atoms with Crippen molar-refractivity contribution in [3.8, 4) is 0 Å². The van der Waals surface area contributed by atoms with E-state index < -0.39 is 0 Å². The van der Waals surface area contributed by atoms with Crippen LogP contribution in [0.5, 0.6) is 0 Å². The molecular weight excluding hydrogens is 404 g/mol. The molecule has 1 saturated heterocycles. The Labute approximate surface area is 180 Å². The number of para-hydroxylation sites is 1. The zero-order chi connectivity index (χ0) is 21.4. The third-order valence-electron chi connectivity index (χ3n) is 5.65. The fraction of sp³-hybridized carbons (Fsp3) is 0.364. The molecule has 1 fully saturated rings. The molecule has 158 valence electrons. The van der Waals surface area contributed by atoms with Crippen molar-refractivity contribution in [3.63, 3.8) is 0 Å². The Hall–Kier alpha value is -2.77. The van der Waals surface area contributed by atoms with Gasteiger partial charge in [0.05, 0.1) is 18.7 Å². The van der Waals surface area contributed by atoms with Gasteiger partial charge in [-0.15, -0.1) is 0 Å². The number of carbonyl (C=O) groups excluding carboxylic acids is 2. The van der Waals surface area contributed by atoms with E-state index >= 15 is 0 Å². The molecule has 0 aromatic heterocycles. The van der Waals surface area contributed by atoms with Gasteiger partial charge in [-0.1, -0.05) is 35.9 Å². The summed E-state index contributed by atoms with van der Waals surface area (Å²) in [7, 11) is 0. The Bertz CT molecular complexity index is 967. The molecule has 8 heteroatoms.